The third-order valence-corrected chi connectivity index (χ3v) is 1.31. The van der Waals surface area contributed by atoms with Gasteiger partial charge in [0, 0.05) is 14.1 Å². The molecule has 1 aromatic rings. The van der Waals surface area contributed by atoms with Gasteiger partial charge < -0.3 is 10.5 Å². The molecule has 0 atom stereocenters. The molecular weight excluding hydrogens is 170 g/mol. The maximum absolute atomic E-state index is 10.5. The minimum atomic E-state index is -1.03. The number of hydrogen-bond donors (Lipinski definition) is 2. The maximum Gasteiger partial charge on any atom is 0.354 e. The quantitative estimate of drug-likeness (QED) is 0.671. The van der Waals surface area contributed by atoms with E-state index in [0.29, 0.717) is 5.82 Å². The summed E-state index contributed by atoms with van der Waals surface area (Å²) in [5, 5.41) is 10.3. The second-order valence-corrected chi connectivity index (χ2v) is 2.72. The molecule has 0 bridgehead atoms. The smallest absolute Gasteiger partial charge is 0.354 e. The number of aromatic carboxylic acids is 1. The minimum absolute atomic E-state index is 0.0341. The minimum Gasteiger partial charge on any atom is -0.477 e. The van der Waals surface area contributed by atoms with Gasteiger partial charge in [-0.2, -0.15) is 0 Å². The van der Waals surface area contributed by atoms with Crippen molar-refractivity contribution in [1.82, 2.24) is 9.99 Å². The van der Waals surface area contributed by atoms with Gasteiger partial charge in [0.15, 0.2) is 5.69 Å². The van der Waals surface area contributed by atoms with E-state index in [4.69, 9.17) is 5.11 Å². The molecule has 0 amide bonds. The largest absolute Gasteiger partial charge is 0.477 e. The number of hydrogen-bond acceptors (Lipinski definition) is 4. The van der Waals surface area contributed by atoms with E-state index in [1.54, 1.807) is 31.2 Å². The summed E-state index contributed by atoms with van der Waals surface area (Å²) in [6.07, 6.45) is 0. The molecule has 70 valence electrons. The first-order valence-electron chi connectivity index (χ1n) is 3.74. The Bertz CT molecular complexity index is 312. The van der Waals surface area contributed by atoms with Gasteiger partial charge in [-0.3, -0.25) is 0 Å². The highest BCUT2D eigenvalue weighted by Crippen LogP contribution is 2.04. The van der Waals surface area contributed by atoms with Gasteiger partial charge in [0.2, 0.25) is 0 Å². The first kappa shape index (κ1) is 9.47. The van der Waals surface area contributed by atoms with E-state index in [1.807, 2.05) is 0 Å². The Kier molecular flexibility index (Phi) is 2.81. The number of anilines is 1. The number of nitrogens with zero attached hydrogens (tertiary/aromatic N) is 2. The SMILES string of the molecule is CN(C)Nc1cccc(C(=O)O)n1. The van der Waals surface area contributed by atoms with Crippen molar-refractivity contribution in [2.24, 2.45) is 0 Å². The average molecular weight is 181 g/mol. The van der Waals surface area contributed by atoms with Crippen LogP contribution in [0.4, 0.5) is 5.82 Å². The summed E-state index contributed by atoms with van der Waals surface area (Å²) in [5.41, 5.74) is 2.89. The summed E-state index contributed by atoms with van der Waals surface area (Å²) in [6.45, 7) is 0. The van der Waals surface area contributed by atoms with Gasteiger partial charge in [0.1, 0.15) is 5.82 Å². The lowest BCUT2D eigenvalue weighted by atomic mass is 10.3. The summed E-state index contributed by atoms with van der Waals surface area (Å²) in [7, 11) is 3.60. The van der Waals surface area contributed by atoms with Crippen LogP contribution in [0.1, 0.15) is 10.5 Å². The molecule has 0 aliphatic rings. The van der Waals surface area contributed by atoms with Crippen LogP contribution in [-0.2, 0) is 0 Å². The van der Waals surface area contributed by atoms with Crippen LogP contribution in [0.3, 0.4) is 0 Å². The van der Waals surface area contributed by atoms with E-state index in [1.165, 1.54) is 6.07 Å². The van der Waals surface area contributed by atoms with Crippen molar-refractivity contribution in [2.45, 2.75) is 0 Å². The normalized spacial score (nSPS) is 10.1. The number of hydrazine groups is 1. The third-order valence-electron chi connectivity index (χ3n) is 1.31. The highest BCUT2D eigenvalue weighted by atomic mass is 16.4. The fourth-order valence-electron chi connectivity index (χ4n) is 0.845. The van der Waals surface area contributed by atoms with Gasteiger partial charge in [-0.05, 0) is 12.1 Å². The van der Waals surface area contributed by atoms with Gasteiger partial charge in [-0.1, -0.05) is 6.07 Å². The molecule has 1 rings (SSSR count). The Morgan fingerprint density at radius 1 is 1.54 bits per heavy atom. The molecule has 5 nitrogen and oxygen atoms in total. The van der Waals surface area contributed by atoms with Crippen molar-refractivity contribution in [1.29, 1.82) is 0 Å². The molecule has 0 aromatic carbocycles. The average Bonchev–Trinajstić information content (AvgIpc) is 2.03. The zero-order valence-corrected chi connectivity index (χ0v) is 7.48. The molecule has 0 saturated carbocycles. The van der Waals surface area contributed by atoms with E-state index in [2.05, 4.69) is 10.4 Å². The van der Waals surface area contributed by atoms with E-state index in [9.17, 15) is 4.79 Å². The van der Waals surface area contributed by atoms with Crippen molar-refractivity contribution in [3.8, 4) is 0 Å². The second kappa shape index (κ2) is 3.86. The van der Waals surface area contributed by atoms with Crippen LogP contribution >= 0.6 is 0 Å². The molecule has 0 unspecified atom stereocenters. The number of carbonyl (C=O) groups is 1. The van der Waals surface area contributed by atoms with E-state index >= 15 is 0 Å². The van der Waals surface area contributed by atoms with Gasteiger partial charge in [0.25, 0.3) is 0 Å². The zero-order chi connectivity index (χ0) is 9.84. The Hall–Kier alpha value is -1.62. The molecule has 2 N–H and O–H groups in total. The number of carboxylic acids is 1. The first-order chi connectivity index (χ1) is 6.09. The second-order valence-electron chi connectivity index (χ2n) is 2.72. The van der Waals surface area contributed by atoms with Crippen LogP contribution in [0.15, 0.2) is 18.2 Å². The van der Waals surface area contributed by atoms with Gasteiger partial charge in [-0.25, -0.2) is 14.8 Å². The number of pyridine rings is 1. The van der Waals surface area contributed by atoms with Gasteiger partial charge in [-0.15, -0.1) is 0 Å². The molecule has 1 heterocycles. The number of rotatable bonds is 3. The third kappa shape index (κ3) is 2.72. The lowest BCUT2D eigenvalue weighted by Crippen LogP contribution is -2.20. The molecule has 13 heavy (non-hydrogen) atoms. The Morgan fingerprint density at radius 3 is 2.77 bits per heavy atom. The fraction of sp³-hybridized carbons (Fsp3) is 0.250. The summed E-state index contributed by atoms with van der Waals surface area (Å²) in [5.74, 6) is -0.507. The maximum atomic E-state index is 10.5. The van der Waals surface area contributed by atoms with Gasteiger partial charge in [0.05, 0.1) is 0 Å². The zero-order valence-electron chi connectivity index (χ0n) is 7.48. The summed E-state index contributed by atoms with van der Waals surface area (Å²) < 4.78 is 0. The predicted molar refractivity (Wildman–Crippen MR) is 48.5 cm³/mol. The molecule has 0 aliphatic carbocycles. The van der Waals surface area contributed by atoms with Crippen molar-refractivity contribution in [3.05, 3.63) is 23.9 Å². The number of carboxylic acid groups (broad SMARTS) is 1. The molecule has 0 fully saturated rings. The summed E-state index contributed by atoms with van der Waals surface area (Å²) in [4.78, 5) is 14.4. The Balaban J connectivity index is 2.85. The van der Waals surface area contributed by atoms with E-state index in [0.717, 1.165) is 0 Å². The van der Waals surface area contributed by atoms with Crippen LogP contribution in [0.5, 0.6) is 0 Å². The van der Waals surface area contributed by atoms with E-state index < -0.39 is 5.97 Å². The molecule has 0 radical (unpaired) electrons. The molecule has 0 spiro atoms. The molecule has 1 aromatic heterocycles. The van der Waals surface area contributed by atoms with E-state index in [-0.39, 0.29) is 5.69 Å². The number of aromatic nitrogens is 1. The first-order valence-corrected chi connectivity index (χ1v) is 3.74. The fourth-order valence-corrected chi connectivity index (χ4v) is 0.845. The monoisotopic (exact) mass is 181 g/mol. The lowest BCUT2D eigenvalue weighted by Gasteiger charge is -2.12. The highest BCUT2D eigenvalue weighted by Gasteiger charge is 2.04. The predicted octanol–water partition coefficient (Wildman–Crippen LogP) is 0.668. The Labute approximate surface area is 76.0 Å². The van der Waals surface area contributed by atoms with Crippen LogP contribution in [0, 0.1) is 0 Å². The molecule has 5 heteroatoms. The topological polar surface area (TPSA) is 65.5 Å². The van der Waals surface area contributed by atoms with Crippen LogP contribution in [0.2, 0.25) is 0 Å². The molecular formula is C8H11N3O2. The molecule has 0 aliphatic heterocycles. The van der Waals surface area contributed by atoms with Crippen molar-refractivity contribution in [2.75, 3.05) is 19.5 Å². The van der Waals surface area contributed by atoms with Crippen molar-refractivity contribution in [3.63, 3.8) is 0 Å². The van der Waals surface area contributed by atoms with Crippen molar-refractivity contribution < 1.29 is 9.90 Å². The molecule has 0 saturated heterocycles. The lowest BCUT2D eigenvalue weighted by molar-refractivity contribution is 0.0690. The Morgan fingerprint density at radius 2 is 2.23 bits per heavy atom. The van der Waals surface area contributed by atoms with Gasteiger partial charge >= 0.3 is 5.97 Å². The summed E-state index contributed by atoms with van der Waals surface area (Å²) >= 11 is 0. The van der Waals surface area contributed by atoms with Crippen LogP contribution < -0.4 is 5.43 Å². The summed E-state index contributed by atoms with van der Waals surface area (Å²) in [6, 6.07) is 4.79. The van der Waals surface area contributed by atoms with Crippen LogP contribution in [-0.4, -0.2) is 35.2 Å². The highest BCUT2D eigenvalue weighted by molar-refractivity contribution is 5.85. The van der Waals surface area contributed by atoms with Crippen molar-refractivity contribution >= 4 is 11.8 Å². The number of nitrogens with one attached hydrogen (secondary N) is 1. The standard InChI is InChI=1S/C8H11N3O2/c1-11(2)10-7-5-3-4-6(9-7)8(12)13/h3-5H,1-2H3,(H,9,10)(H,12,13). The van der Waals surface area contributed by atoms with Crippen LogP contribution in [0.25, 0.3) is 0 Å².